The highest BCUT2D eigenvalue weighted by atomic mass is 32.2. The number of carbonyl (C=O) groups is 2. The summed E-state index contributed by atoms with van der Waals surface area (Å²) in [5.74, 6) is -0.348. The minimum Gasteiger partial charge on any atom is -0.337 e. The van der Waals surface area contributed by atoms with Gasteiger partial charge in [0.2, 0.25) is 11.8 Å². The van der Waals surface area contributed by atoms with Gasteiger partial charge < -0.3 is 9.05 Å². The van der Waals surface area contributed by atoms with E-state index in [9.17, 15) is 26.4 Å². The standard InChI is InChI=1S/C12H14N2O4S2.C11H12N2O4S2/c1-7-8(2)13-18-12(7)14(4)20(16,17)10-5-6-19-11(10)9(3)15;1-6-7(2)12-17-11(6)13-19(15,16)9-4-5-18-10(9)8(3)14/h5-6H,1-4H3;4-5,13H,1-3H3. The van der Waals surface area contributed by atoms with E-state index < -0.39 is 20.0 Å². The molecule has 0 fully saturated rings. The van der Waals surface area contributed by atoms with Crippen LogP contribution in [0, 0.1) is 27.7 Å². The summed E-state index contributed by atoms with van der Waals surface area (Å²) >= 11 is 2.19. The fourth-order valence-corrected chi connectivity index (χ4v) is 8.13. The second kappa shape index (κ2) is 11.4. The third-order valence-electron chi connectivity index (χ3n) is 5.63. The summed E-state index contributed by atoms with van der Waals surface area (Å²) in [4.78, 5) is 23.2. The summed E-state index contributed by atoms with van der Waals surface area (Å²) in [5.41, 5.74) is 2.49. The molecule has 4 aromatic heterocycles. The van der Waals surface area contributed by atoms with Crippen molar-refractivity contribution in [1.29, 1.82) is 0 Å². The van der Waals surface area contributed by atoms with Crippen molar-refractivity contribution in [3.63, 3.8) is 0 Å². The maximum absolute atomic E-state index is 12.6. The van der Waals surface area contributed by atoms with Gasteiger partial charge in [-0.1, -0.05) is 10.3 Å². The third kappa shape index (κ3) is 6.13. The van der Waals surface area contributed by atoms with Crippen LogP contribution in [0.5, 0.6) is 0 Å². The Hall–Kier alpha value is -3.34. The van der Waals surface area contributed by atoms with E-state index in [0.29, 0.717) is 22.5 Å². The van der Waals surface area contributed by atoms with Gasteiger partial charge in [0.15, 0.2) is 11.6 Å². The van der Waals surface area contributed by atoms with Crippen LogP contribution < -0.4 is 9.03 Å². The Morgan fingerprint density at radius 1 is 0.821 bits per heavy atom. The minimum atomic E-state index is -3.85. The minimum absolute atomic E-state index is 0.00838. The molecule has 4 rings (SSSR count). The van der Waals surface area contributed by atoms with Gasteiger partial charge in [0.05, 0.1) is 21.1 Å². The highest BCUT2D eigenvalue weighted by molar-refractivity contribution is 7.93. The Morgan fingerprint density at radius 3 is 1.77 bits per heavy atom. The number of aromatic nitrogens is 2. The first kappa shape index (κ1) is 30.2. The van der Waals surface area contributed by atoms with Crippen molar-refractivity contribution in [3.05, 3.63) is 55.2 Å². The lowest BCUT2D eigenvalue weighted by molar-refractivity contribution is 0.101. The highest BCUT2D eigenvalue weighted by Gasteiger charge is 2.30. The number of sulfonamides is 2. The van der Waals surface area contributed by atoms with Crippen molar-refractivity contribution < 1.29 is 35.5 Å². The number of aryl methyl sites for hydroxylation is 2. The monoisotopic (exact) mass is 614 g/mol. The second-order valence-corrected chi connectivity index (χ2v) is 13.8. The molecule has 0 saturated carbocycles. The van der Waals surface area contributed by atoms with E-state index in [2.05, 4.69) is 15.0 Å². The molecule has 0 spiro atoms. The average Bonchev–Trinajstić information content (AvgIpc) is 3.65. The van der Waals surface area contributed by atoms with Gasteiger partial charge in [-0.05, 0) is 64.4 Å². The van der Waals surface area contributed by atoms with Crippen LogP contribution in [0.1, 0.15) is 55.7 Å². The first-order chi connectivity index (χ1) is 18.1. The molecule has 0 bridgehead atoms. The molecular formula is C23H26N4O8S4. The summed E-state index contributed by atoms with van der Waals surface area (Å²) in [7, 11) is -6.31. The van der Waals surface area contributed by atoms with Gasteiger partial charge in [-0.15, -0.1) is 22.7 Å². The van der Waals surface area contributed by atoms with Crippen molar-refractivity contribution >= 4 is 66.1 Å². The first-order valence-electron chi connectivity index (χ1n) is 11.1. The lowest BCUT2D eigenvalue weighted by Crippen LogP contribution is -2.27. The number of carbonyl (C=O) groups excluding carboxylic acids is 2. The maximum atomic E-state index is 12.6. The highest BCUT2D eigenvalue weighted by Crippen LogP contribution is 2.31. The molecule has 210 valence electrons. The van der Waals surface area contributed by atoms with Crippen LogP contribution in [-0.4, -0.2) is 45.8 Å². The van der Waals surface area contributed by atoms with Crippen molar-refractivity contribution in [2.24, 2.45) is 0 Å². The van der Waals surface area contributed by atoms with E-state index in [1.165, 1.54) is 33.0 Å². The third-order valence-corrected chi connectivity index (χ3v) is 11.1. The molecule has 0 amide bonds. The molecule has 4 aromatic rings. The van der Waals surface area contributed by atoms with Gasteiger partial charge in [0.1, 0.15) is 9.79 Å². The van der Waals surface area contributed by atoms with Crippen LogP contribution in [0.4, 0.5) is 11.8 Å². The summed E-state index contributed by atoms with van der Waals surface area (Å²) in [6, 6.07) is 2.81. The van der Waals surface area contributed by atoms with Crippen molar-refractivity contribution in [3.8, 4) is 0 Å². The molecule has 0 unspecified atom stereocenters. The normalized spacial score (nSPS) is 11.6. The number of anilines is 2. The lowest BCUT2D eigenvalue weighted by atomic mass is 10.3. The van der Waals surface area contributed by atoms with Gasteiger partial charge >= 0.3 is 0 Å². The fourth-order valence-electron chi connectivity index (χ4n) is 3.16. The van der Waals surface area contributed by atoms with Crippen LogP contribution >= 0.6 is 22.7 Å². The topological polar surface area (TPSA) is 170 Å². The SMILES string of the molecule is CC(=O)c1sccc1S(=O)(=O)N(C)c1onc(C)c1C.CC(=O)c1sccc1S(=O)(=O)Nc1onc(C)c1C. The van der Waals surface area contributed by atoms with Gasteiger partial charge in [0, 0.05) is 18.2 Å². The molecule has 0 aliphatic rings. The largest absolute Gasteiger partial charge is 0.337 e. The molecule has 4 heterocycles. The van der Waals surface area contributed by atoms with E-state index in [0.717, 1.165) is 27.0 Å². The molecule has 39 heavy (non-hydrogen) atoms. The van der Waals surface area contributed by atoms with Crippen LogP contribution in [-0.2, 0) is 20.0 Å². The van der Waals surface area contributed by atoms with E-state index in [1.807, 2.05) is 0 Å². The summed E-state index contributed by atoms with van der Waals surface area (Å²) in [6.45, 7) is 9.54. The number of nitrogens with zero attached hydrogens (tertiary/aromatic N) is 3. The van der Waals surface area contributed by atoms with Crippen molar-refractivity contribution in [2.75, 3.05) is 16.1 Å². The maximum Gasteiger partial charge on any atom is 0.268 e. The van der Waals surface area contributed by atoms with Crippen LogP contribution in [0.15, 0.2) is 41.7 Å². The predicted octanol–water partition coefficient (Wildman–Crippen LogP) is 4.74. The number of hydrogen-bond acceptors (Lipinski definition) is 12. The lowest BCUT2D eigenvalue weighted by Gasteiger charge is -2.16. The molecule has 0 atom stereocenters. The molecule has 0 saturated heterocycles. The number of ketones is 2. The second-order valence-electron chi connectivity index (χ2n) is 8.34. The zero-order valence-electron chi connectivity index (χ0n) is 22.1. The number of rotatable bonds is 8. The molecule has 12 nitrogen and oxygen atoms in total. The van der Waals surface area contributed by atoms with Gasteiger partial charge in [-0.3, -0.25) is 9.59 Å². The number of nitrogens with one attached hydrogen (secondary N) is 1. The van der Waals surface area contributed by atoms with Crippen molar-refractivity contribution in [2.45, 2.75) is 51.3 Å². The number of thiophene rings is 2. The fraction of sp³-hybridized carbons (Fsp3) is 0.304. The van der Waals surface area contributed by atoms with Gasteiger partial charge in [-0.25, -0.2) is 25.9 Å². The quantitative estimate of drug-likeness (QED) is 0.274. The zero-order valence-corrected chi connectivity index (χ0v) is 25.3. The predicted molar refractivity (Wildman–Crippen MR) is 147 cm³/mol. The van der Waals surface area contributed by atoms with Gasteiger partial charge in [0.25, 0.3) is 20.0 Å². The van der Waals surface area contributed by atoms with Crippen LogP contribution in [0.2, 0.25) is 0 Å². The van der Waals surface area contributed by atoms with E-state index in [-0.39, 0.29) is 42.9 Å². The first-order valence-corrected chi connectivity index (χ1v) is 15.8. The Morgan fingerprint density at radius 2 is 1.31 bits per heavy atom. The molecular weight excluding hydrogens is 589 g/mol. The molecule has 0 aromatic carbocycles. The average molecular weight is 615 g/mol. The Bertz CT molecular complexity index is 1740. The summed E-state index contributed by atoms with van der Waals surface area (Å²) < 4.78 is 62.8. The summed E-state index contributed by atoms with van der Waals surface area (Å²) in [5, 5.41) is 10.6. The Kier molecular flexibility index (Phi) is 8.84. The van der Waals surface area contributed by atoms with E-state index >= 15 is 0 Å². The van der Waals surface area contributed by atoms with Gasteiger partial charge in [-0.2, -0.15) is 0 Å². The molecule has 0 radical (unpaired) electrons. The molecule has 16 heteroatoms. The van der Waals surface area contributed by atoms with Crippen LogP contribution in [0.25, 0.3) is 0 Å². The number of Topliss-reactive ketones (excluding diaryl/α,β-unsaturated/α-hetero) is 2. The molecule has 0 aliphatic carbocycles. The van der Waals surface area contributed by atoms with E-state index in [4.69, 9.17) is 9.05 Å². The number of hydrogen-bond donors (Lipinski definition) is 1. The Balaban J connectivity index is 0.000000216. The smallest absolute Gasteiger partial charge is 0.268 e. The van der Waals surface area contributed by atoms with E-state index in [1.54, 1.807) is 38.5 Å². The van der Waals surface area contributed by atoms with Crippen LogP contribution in [0.3, 0.4) is 0 Å². The molecule has 1 N–H and O–H groups in total. The van der Waals surface area contributed by atoms with Crippen molar-refractivity contribution in [1.82, 2.24) is 10.3 Å². The molecule has 0 aliphatic heterocycles. The Labute approximate surface area is 233 Å². The zero-order chi connectivity index (χ0) is 29.3. The summed E-state index contributed by atoms with van der Waals surface area (Å²) in [6.07, 6.45) is 0.